The molecule has 0 saturated heterocycles. The molecule has 3 rings (SSSR count). The Labute approximate surface area is 136 Å². The summed E-state index contributed by atoms with van der Waals surface area (Å²) < 4.78 is 11.3. The van der Waals surface area contributed by atoms with E-state index in [4.69, 9.17) is 9.47 Å². The minimum absolute atomic E-state index is 0.00958. The summed E-state index contributed by atoms with van der Waals surface area (Å²) in [4.78, 5) is 11.9. The standard InChI is InChI=1S/C19H21NO3/c21-19(14-22-16-6-2-1-3-7-16)20-15-10-12-18(13-11-15)23-17-8-4-5-9-17/h1-3,6-7,10-13,17H,4-5,8-9,14H2,(H,20,21). The van der Waals surface area contributed by atoms with Gasteiger partial charge >= 0.3 is 0 Å². The first-order chi connectivity index (χ1) is 11.3. The average Bonchev–Trinajstić information content (AvgIpc) is 3.09. The molecular formula is C19H21NO3. The van der Waals surface area contributed by atoms with Crippen molar-refractivity contribution in [1.29, 1.82) is 0 Å². The monoisotopic (exact) mass is 311 g/mol. The van der Waals surface area contributed by atoms with Gasteiger partial charge in [-0.15, -0.1) is 0 Å². The third-order valence-corrected chi connectivity index (χ3v) is 3.86. The molecule has 23 heavy (non-hydrogen) atoms. The molecule has 0 bridgehead atoms. The first kappa shape index (κ1) is 15.4. The Kier molecular flexibility index (Phi) is 5.14. The maximum absolute atomic E-state index is 11.9. The number of carbonyl (C=O) groups is 1. The molecule has 0 radical (unpaired) electrons. The molecule has 0 unspecified atom stereocenters. The summed E-state index contributed by atoms with van der Waals surface area (Å²) in [6.45, 7) is -0.00958. The van der Waals surface area contributed by atoms with Crippen molar-refractivity contribution < 1.29 is 14.3 Å². The van der Waals surface area contributed by atoms with E-state index in [1.807, 2.05) is 54.6 Å². The number of ether oxygens (including phenoxy) is 2. The lowest BCUT2D eigenvalue weighted by Crippen LogP contribution is -2.20. The van der Waals surface area contributed by atoms with E-state index in [1.54, 1.807) is 0 Å². The van der Waals surface area contributed by atoms with Gasteiger partial charge in [0.2, 0.25) is 0 Å². The van der Waals surface area contributed by atoms with Gasteiger partial charge < -0.3 is 14.8 Å². The van der Waals surface area contributed by atoms with Gasteiger partial charge in [0, 0.05) is 5.69 Å². The second kappa shape index (κ2) is 7.68. The van der Waals surface area contributed by atoms with Gasteiger partial charge in [0.05, 0.1) is 6.10 Å². The van der Waals surface area contributed by atoms with Crippen LogP contribution in [0.1, 0.15) is 25.7 Å². The topological polar surface area (TPSA) is 47.6 Å². The molecule has 1 aliphatic carbocycles. The van der Waals surface area contributed by atoms with Gasteiger partial charge in [0.25, 0.3) is 5.91 Å². The molecule has 2 aromatic carbocycles. The highest BCUT2D eigenvalue weighted by atomic mass is 16.5. The molecule has 0 spiro atoms. The van der Waals surface area contributed by atoms with Crippen LogP contribution in [0.5, 0.6) is 11.5 Å². The maximum Gasteiger partial charge on any atom is 0.262 e. The number of rotatable bonds is 6. The van der Waals surface area contributed by atoms with Crippen molar-refractivity contribution >= 4 is 11.6 Å². The zero-order chi connectivity index (χ0) is 15.9. The fraction of sp³-hybridized carbons (Fsp3) is 0.316. The first-order valence-corrected chi connectivity index (χ1v) is 8.04. The molecule has 0 aliphatic heterocycles. The summed E-state index contributed by atoms with van der Waals surface area (Å²) in [5.41, 5.74) is 0.741. The van der Waals surface area contributed by atoms with Crippen molar-refractivity contribution in [3.05, 3.63) is 54.6 Å². The fourth-order valence-corrected chi connectivity index (χ4v) is 2.68. The Hall–Kier alpha value is -2.49. The van der Waals surface area contributed by atoms with Crippen molar-refractivity contribution in [2.45, 2.75) is 31.8 Å². The molecular weight excluding hydrogens is 290 g/mol. The lowest BCUT2D eigenvalue weighted by Gasteiger charge is -2.13. The fourth-order valence-electron chi connectivity index (χ4n) is 2.68. The summed E-state index contributed by atoms with van der Waals surface area (Å²) in [7, 11) is 0. The Morgan fingerprint density at radius 3 is 2.35 bits per heavy atom. The van der Waals surface area contributed by atoms with Crippen molar-refractivity contribution in [1.82, 2.24) is 0 Å². The molecule has 1 N–H and O–H groups in total. The number of hydrogen-bond donors (Lipinski definition) is 1. The van der Waals surface area contributed by atoms with Gasteiger partial charge in [-0.05, 0) is 62.1 Å². The second-order valence-corrected chi connectivity index (χ2v) is 5.70. The number of amides is 1. The van der Waals surface area contributed by atoms with E-state index in [1.165, 1.54) is 12.8 Å². The molecule has 0 aromatic heterocycles. The van der Waals surface area contributed by atoms with Crippen molar-refractivity contribution in [3.8, 4) is 11.5 Å². The largest absolute Gasteiger partial charge is 0.490 e. The van der Waals surface area contributed by atoms with Crippen LogP contribution < -0.4 is 14.8 Å². The predicted molar refractivity (Wildman–Crippen MR) is 89.9 cm³/mol. The highest BCUT2D eigenvalue weighted by Crippen LogP contribution is 2.25. The van der Waals surface area contributed by atoms with E-state index in [0.717, 1.165) is 24.3 Å². The van der Waals surface area contributed by atoms with Gasteiger partial charge in [-0.2, -0.15) is 0 Å². The lowest BCUT2D eigenvalue weighted by atomic mass is 10.2. The Balaban J connectivity index is 1.46. The van der Waals surface area contributed by atoms with Crippen LogP contribution in [-0.4, -0.2) is 18.6 Å². The SMILES string of the molecule is O=C(COc1ccccc1)Nc1ccc(OC2CCCC2)cc1. The summed E-state index contributed by atoms with van der Waals surface area (Å²) in [5.74, 6) is 1.36. The molecule has 1 aliphatic rings. The number of nitrogens with one attached hydrogen (secondary N) is 1. The van der Waals surface area contributed by atoms with Crippen LogP contribution in [-0.2, 0) is 4.79 Å². The summed E-state index contributed by atoms with van der Waals surface area (Å²) >= 11 is 0. The van der Waals surface area contributed by atoms with Gasteiger partial charge in [-0.1, -0.05) is 18.2 Å². The molecule has 1 fully saturated rings. The van der Waals surface area contributed by atoms with Crippen molar-refractivity contribution in [3.63, 3.8) is 0 Å². The lowest BCUT2D eigenvalue weighted by molar-refractivity contribution is -0.118. The van der Waals surface area contributed by atoms with E-state index in [0.29, 0.717) is 11.9 Å². The minimum atomic E-state index is -0.182. The van der Waals surface area contributed by atoms with E-state index >= 15 is 0 Å². The van der Waals surface area contributed by atoms with Gasteiger partial charge in [0.1, 0.15) is 11.5 Å². The first-order valence-electron chi connectivity index (χ1n) is 8.04. The maximum atomic E-state index is 11.9. The predicted octanol–water partition coefficient (Wildman–Crippen LogP) is 4.03. The van der Waals surface area contributed by atoms with Gasteiger partial charge in [-0.3, -0.25) is 4.79 Å². The van der Waals surface area contributed by atoms with Crippen LogP contribution in [0.4, 0.5) is 5.69 Å². The van der Waals surface area contributed by atoms with Gasteiger partial charge in [0.15, 0.2) is 6.61 Å². The zero-order valence-corrected chi connectivity index (χ0v) is 13.0. The Morgan fingerprint density at radius 1 is 0.957 bits per heavy atom. The van der Waals surface area contributed by atoms with Crippen LogP contribution in [0.2, 0.25) is 0 Å². The normalized spacial score (nSPS) is 14.4. The molecule has 0 atom stereocenters. The van der Waals surface area contributed by atoms with Crippen LogP contribution in [0, 0.1) is 0 Å². The molecule has 4 heteroatoms. The molecule has 4 nitrogen and oxygen atoms in total. The Bertz CT molecular complexity index is 619. The molecule has 1 amide bonds. The number of para-hydroxylation sites is 1. The summed E-state index contributed by atoms with van der Waals surface area (Å²) in [6, 6.07) is 16.8. The number of anilines is 1. The zero-order valence-electron chi connectivity index (χ0n) is 13.0. The van der Waals surface area contributed by atoms with Crippen LogP contribution in [0.15, 0.2) is 54.6 Å². The molecule has 2 aromatic rings. The second-order valence-electron chi connectivity index (χ2n) is 5.70. The smallest absolute Gasteiger partial charge is 0.262 e. The highest BCUT2D eigenvalue weighted by molar-refractivity contribution is 5.91. The number of hydrogen-bond acceptors (Lipinski definition) is 3. The third-order valence-electron chi connectivity index (χ3n) is 3.86. The van der Waals surface area contributed by atoms with E-state index in [2.05, 4.69) is 5.32 Å². The molecule has 0 heterocycles. The number of carbonyl (C=O) groups excluding carboxylic acids is 1. The van der Waals surface area contributed by atoms with Crippen molar-refractivity contribution in [2.75, 3.05) is 11.9 Å². The van der Waals surface area contributed by atoms with E-state index in [9.17, 15) is 4.79 Å². The van der Waals surface area contributed by atoms with Gasteiger partial charge in [-0.25, -0.2) is 0 Å². The van der Waals surface area contributed by atoms with Crippen LogP contribution in [0.25, 0.3) is 0 Å². The van der Waals surface area contributed by atoms with Crippen LogP contribution >= 0.6 is 0 Å². The van der Waals surface area contributed by atoms with Crippen molar-refractivity contribution in [2.24, 2.45) is 0 Å². The average molecular weight is 311 g/mol. The molecule has 1 saturated carbocycles. The number of benzene rings is 2. The molecule has 120 valence electrons. The highest BCUT2D eigenvalue weighted by Gasteiger charge is 2.16. The Morgan fingerprint density at radius 2 is 1.65 bits per heavy atom. The van der Waals surface area contributed by atoms with Crippen LogP contribution in [0.3, 0.4) is 0 Å². The van der Waals surface area contributed by atoms with E-state index in [-0.39, 0.29) is 12.5 Å². The summed E-state index contributed by atoms with van der Waals surface area (Å²) in [6.07, 6.45) is 5.11. The quantitative estimate of drug-likeness (QED) is 0.876. The van der Waals surface area contributed by atoms with E-state index < -0.39 is 0 Å². The minimum Gasteiger partial charge on any atom is -0.490 e. The summed E-state index contributed by atoms with van der Waals surface area (Å²) in [5, 5.41) is 2.81. The third kappa shape index (κ3) is 4.74.